The number of halogens is 3. The molecule has 0 aliphatic rings. The van der Waals surface area contributed by atoms with Crippen LogP contribution >= 0.6 is 0 Å². The molecule has 0 aliphatic heterocycles. The molecule has 1 aromatic rings. The molecule has 3 nitrogen and oxygen atoms in total. The van der Waals surface area contributed by atoms with Gasteiger partial charge in [0, 0.05) is 24.9 Å². The van der Waals surface area contributed by atoms with Gasteiger partial charge in [-0.15, -0.1) is 0 Å². The van der Waals surface area contributed by atoms with Crippen LogP contribution in [0.25, 0.3) is 0 Å². The molecule has 0 aliphatic carbocycles. The van der Waals surface area contributed by atoms with Crippen LogP contribution in [0.4, 0.5) is 13.2 Å². The van der Waals surface area contributed by atoms with Gasteiger partial charge in [-0.3, -0.25) is 0 Å². The highest BCUT2D eigenvalue weighted by Crippen LogP contribution is 2.31. The van der Waals surface area contributed by atoms with Crippen molar-refractivity contribution in [1.29, 1.82) is 0 Å². The van der Waals surface area contributed by atoms with Crippen molar-refractivity contribution < 1.29 is 13.2 Å². The summed E-state index contributed by atoms with van der Waals surface area (Å²) in [5.74, 6) is 0.346. The first-order valence-electron chi connectivity index (χ1n) is 4.67. The molecular formula is C9H14F3N3. The third kappa shape index (κ3) is 2.50. The van der Waals surface area contributed by atoms with E-state index in [-0.39, 0.29) is 5.92 Å². The van der Waals surface area contributed by atoms with Gasteiger partial charge in [0.15, 0.2) is 0 Å². The fraction of sp³-hybridized carbons (Fsp3) is 0.667. The Morgan fingerprint density at radius 2 is 2.07 bits per heavy atom. The van der Waals surface area contributed by atoms with E-state index in [1.165, 1.54) is 12.4 Å². The Morgan fingerprint density at radius 1 is 1.47 bits per heavy atom. The lowest BCUT2D eigenvalue weighted by Gasteiger charge is -2.22. The highest BCUT2D eigenvalue weighted by molar-refractivity contribution is 5.01. The van der Waals surface area contributed by atoms with Crippen LogP contribution < -0.4 is 5.73 Å². The Balaban J connectivity index is 3.07. The number of rotatable bonds is 3. The molecule has 0 bridgehead atoms. The van der Waals surface area contributed by atoms with E-state index in [9.17, 15) is 13.2 Å². The molecule has 0 amide bonds. The van der Waals surface area contributed by atoms with E-state index in [0.717, 1.165) is 4.57 Å². The number of nitrogens with two attached hydrogens (primary N) is 1. The Bertz CT molecular complexity index is 317. The van der Waals surface area contributed by atoms with Gasteiger partial charge in [0.2, 0.25) is 0 Å². The summed E-state index contributed by atoms with van der Waals surface area (Å²) in [6.45, 7) is 3.12. The van der Waals surface area contributed by atoms with Crippen molar-refractivity contribution in [1.82, 2.24) is 9.55 Å². The van der Waals surface area contributed by atoms with Crippen LogP contribution in [0.5, 0.6) is 0 Å². The largest absolute Gasteiger partial charge is 0.410 e. The fourth-order valence-corrected chi connectivity index (χ4v) is 1.44. The van der Waals surface area contributed by atoms with Crippen LogP contribution in [0.3, 0.4) is 0 Å². The Labute approximate surface area is 86.1 Å². The van der Waals surface area contributed by atoms with Crippen LogP contribution in [0, 0.1) is 0 Å². The van der Waals surface area contributed by atoms with Gasteiger partial charge in [-0.05, 0) is 0 Å². The summed E-state index contributed by atoms with van der Waals surface area (Å²) in [6, 6.07) is -1.68. The third-order valence-electron chi connectivity index (χ3n) is 2.15. The standard InChI is InChI=1S/C9H14F3N3/c1-6(2)8-14-3-4-15(8)7(5-13)9(10,11)12/h3-4,6-7H,5,13H2,1-2H3. The Morgan fingerprint density at radius 3 is 2.47 bits per heavy atom. The van der Waals surface area contributed by atoms with Crippen molar-refractivity contribution in [2.75, 3.05) is 6.54 Å². The maximum atomic E-state index is 12.6. The van der Waals surface area contributed by atoms with E-state index in [1.807, 2.05) is 0 Å². The normalized spacial score (nSPS) is 14.6. The molecule has 0 fully saturated rings. The molecule has 1 rings (SSSR count). The first-order valence-corrected chi connectivity index (χ1v) is 4.67. The highest BCUT2D eigenvalue weighted by atomic mass is 19.4. The molecular weight excluding hydrogens is 207 g/mol. The summed E-state index contributed by atoms with van der Waals surface area (Å²) < 4.78 is 38.9. The van der Waals surface area contributed by atoms with E-state index in [1.54, 1.807) is 13.8 Å². The molecule has 0 aromatic carbocycles. The maximum absolute atomic E-state index is 12.6. The van der Waals surface area contributed by atoms with Gasteiger partial charge >= 0.3 is 6.18 Å². The van der Waals surface area contributed by atoms with Crippen LogP contribution in [-0.4, -0.2) is 22.3 Å². The van der Waals surface area contributed by atoms with Crippen molar-refractivity contribution in [3.05, 3.63) is 18.2 Å². The van der Waals surface area contributed by atoms with Crippen molar-refractivity contribution in [2.45, 2.75) is 32.0 Å². The monoisotopic (exact) mass is 221 g/mol. The van der Waals surface area contributed by atoms with Gasteiger partial charge < -0.3 is 10.3 Å². The average molecular weight is 221 g/mol. The number of alkyl halides is 3. The molecule has 0 radical (unpaired) electrons. The number of nitrogens with zero attached hydrogens (tertiary/aromatic N) is 2. The molecule has 0 saturated carbocycles. The second kappa shape index (κ2) is 4.22. The Hall–Kier alpha value is -1.04. The molecule has 86 valence electrons. The zero-order valence-corrected chi connectivity index (χ0v) is 8.62. The van der Waals surface area contributed by atoms with E-state index in [2.05, 4.69) is 4.98 Å². The van der Waals surface area contributed by atoms with Gasteiger partial charge in [0.25, 0.3) is 0 Å². The first kappa shape index (κ1) is 12.0. The number of hydrogen-bond donors (Lipinski definition) is 1. The summed E-state index contributed by atoms with van der Waals surface area (Å²) in [4.78, 5) is 3.91. The number of imidazole rings is 1. The smallest absolute Gasteiger partial charge is 0.328 e. The van der Waals surface area contributed by atoms with E-state index >= 15 is 0 Å². The SMILES string of the molecule is CC(C)c1nccn1C(CN)C(F)(F)F. The van der Waals surface area contributed by atoms with Gasteiger partial charge in [0.1, 0.15) is 11.9 Å². The fourth-order valence-electron chi connectivity index (χ4n) is 1.44. The van der Waals surface area contributed by atoms with Crippen molar-refractivity contribution in [3.8, 4) is 0 Å². The lowest BCUT2D eigenvalue weighted by Crippen LogP contribution is -2.33. The molecule has 1 unspecified atom stereocenters. The second-order valence-electron chi connectivity index (χ2n) is 3.64. The molecule has 2 N–H and O–H groups in total. The van der Waals surface area contributed by atoms with Crippen LogP contribution in [-0.2, 0) is 0 Å². The zero-order chi connectivity index (χ0) is 11.6. The number of aromatic nitrogens is 2. The lowest BCUT2D eigenvalue weighted by atomic mass is 10.2. The van der Waals surface area contributed by atoms with Gasteiger partial charge in [-0.1, -0.05) is 13.8 Å². The summed E-state index contributed by atoms with van der Waals surface area (Å²) >= 11 is 0. The minimum Gasteiger partial charge on any atom is -0.328 e. The summed E-state index contributed by atoms with van der Waals surface area (Å²) in [6.07, 6.45) is -1.65. The van der Waals surface area contributed by atoms with Gasteiger partial charge in [-0.2, -0.15) is 13.2 Å². The quantitative estimate of drug-likeness (QED) is 0.849. The van der Waals surface area contributed by atoms with E-state index < -0.39 is 18.8 Å². The van der Waals surface area contributed by atoms with Crippen LogP contribution in [0.15, 0.2) is 12.4 Å². The molecule has 0 saturated heterocycles. The maximum Gasteiger partial charge on any atom is 0.410 e. The highest BCUT2D eigenvalue weighted by Gasteiger charge is 2.40. The topological polar surface area (TPSA) is 43.8 Å². The first-order chi connectivity index (χ1) is 6.88. The third-order valence-corrected chi connectivity index (χ3v) is 2.15. The molecule has 1 atom stereocenters. The predicted molar refractivity (Wildman–Crippen MR) is 50.5 cm³/mol. The molecule has 15 heavy (non-hydrogen) atoms. The molecule has 1 heterocycles. The molecule has 6 heteroatoms. The van der Waals surface area contributed by atoms with E-state index in [0.29, 0.717) is 5.82 Å². The van der Waals surface area contributed by atoms with Gasteiger partial charge in [0.05, 0.1) is 0 Å². The Kier molecular flexibility index (Phi) is 3.38. The zero-order valence-electron chi connectivity index (χ0n) is 8.62. The van der Waals surface area contributed by atoms with Crippen LogP contribution in [0.2, 0.25) is 0 Å². The predicted octanol–water partition coefficient (Wildman–Crippen LogP) is 2.07. The average Bonchev–Trinajstić information content (AvgIpc) is 2.51. The minimum atomic E-state index is -4.33. The van der Waals surface area contributed by atoms with E-state index in [4.69, 9.17) is 5.73 Å². The summed E-state index contributed by atoms with van der Waals surface area (Å²) in [5, 5.41) is 0. The summed E-state index contributed by atoms with van der Waals surface area (Å²) in [7, 11) is 0. The van der Waals surface area contributed by atoms with Crippen molar-refractivity contribution in [2.24, 2.45) is 5.73 Å². The lowest BCUT2D eigenvalue weighted by molar-refractivity contribution is -0.165. The van der Waals surface area contributed by atoms with Crippen molar-refractivity contribution in [3.63, 3.8) is 0 Å². The van der Waals surface area contributed by atoms with Gasteiger partial charge in [-0.25, -0.2) is 4.98 Å². The van der Waals surface area contributed by atoms with Crippen molar-refractivity contribution >= 4 is 0 Å². The minimum absolute atomic E-state index is 0.0589. The van der Waals surface area contributed by atoms with Crippen LogP contribution in [0.1, 0.15) is 31.6 Å². The second-order valence-corrected chi connectivity index (χ2v) is 3.64. The summed E-state index contributed by atoms with van der Waals surface area (Å²) in [5.41, 5.74) is 5.15. The number of hydrogen-bond acceptors (Lipinski definition) is 2. The molecule has 1 aromatic heterocycles. The molecule has 0 spiro atoms.